The molecule has 0 aromatic heterocycles. The van der Waals surface area contributed by atoms with E-state index in [-0.39, 0.29) is 16.7 Å². The van der Waals surface area contributed by atoms with E-state index in [2.05, 4.69) is 52.1 Å². The zero-order valence-electron chi connectivity index (χ0n) is 13.7. The van der Waals surface area contributed by atoms with E-state index in [1.54, 1.807) is 5.57 Å². The molecule has 0 heterocycles. The molecule has 1 saturated carbocycles. The van der Waals surface area contributed by atoms with Gasteiger partial charge in [0.25, 0.3) is 0 Å². The van der Waals surface area contributed by atoms with Gasteiger partial charge in [-0.2, -0.15) is 0 Å². The SMILES string of the molecule is CC1C=C2CC(=CC(C)(C(=O)NCCC(C)(C)C)C1)C2. The molecule has 3 rings (SSSR count). The summed E-state index contributed by atoms with van der Waals surface area (Å²) in [6, 6.07) is 0. The van der Waals surface area contributed by atoms with Crippen molar-refractivity contribution in [3.05, 3.63) is 23.3 Å². The lowest BCUT2D eigenvalue weighted by Gasteiger charge is -2.35. The van der Waals surface area contributed by atoms with Gasteiger partial charge in [0.2, 0.25) is 5.91 Å². The van der Waals surface area contributed by atoms with Crippen LogP contribution in [0, 0.1) is 16.7 Å². The maximum atomic E-state index is 12.6. The Labute approximate surface area is 123 Å². The molecule has 2 atom stereocenters. The van der Waals surface area contributed by atoms with Crippen molar-refractivity contribution in [2.75, 3.05) is 6.54 Å². The maximum absolute atomic E-state index is 12.6. The minimum absolute atomic E-state index is 0.199. The number of hydrogen-bond acceptors (Lipinski definition) is 1. The van der Waals surface area contributed by atoms with Crippen molar-refractivity contribution in [2.45, 2.75) is 60.3 Å². The van der Waals surface area contributed by atoms with Crippen LogP contribution in [0.5, 0.6) is 0 Å². The number of rotatable bonds is 3. The fourth-order valence-corrected chi connectivity index (χ4v) is 3.30. The molecule has 0 aromatic rings. The summed E-state index contributed by atoms with van der Waals surface area (Å²) in [6.07, 6.45) is 8.74. The highest BCUT2D eigenvalue weighted by atomic mass is 16.2. The Bertz CT molecular complexity index is 443. The molecule has 2 unspecified atom stereocenters. The molecule has 0 spiro atoms. The highest BCUT2D eigenvalue weighted by Crippen LogP contribution is 2.42. The van der Waals surface area contributed by atoms with Crippen molar-refractivity contribution < 1.29 is 4.79 Å². The summed E-state index contributed by atoms with van der Waals surface area (Å²) in [5.74, 6) is 0.686. The topological polar surface area (TPSA) is 29.1 Å². The Kier molecular flexibility index (Phi) is 4.13. The van der Waals surface area contributed by atoms with Crippen LogP contribution in [0.25, 0.3) is 0 Å². The Morgan fingerprint density at radius 3 is 2.60 bits per heavy atom. The average molecular weight is 275 g/mol. The predicted octanol–water partition coefficient (Wildman–Crippen LogP) is 4.23. The van der Waals surface area contributed by atoms with Crippen molar-refractivity contribution >= 4 is 5.91 Å². The van der Waals surface area contributed by atoms with Crippen molar-refractivity contribution in [2.24, 2.45) is 16.7 Å². The van der Waals surface area contributed by atoms with Crippen LogP contribution < -0.4 is 5.32 Å². The molecular weight excluding hydrogens is 246 g/mol. The van der Waals surface area contributed by atoms with E-state index >= 15 is 0 Å². The summed E-state index contributed by atoms with van der Waals surface area (Å²) in [5.41, 5.74) is 2.93. The molecule has 20 heavy (non-hydrogen) atoms. The summed E-state index contributed by atoms with van der Waals surface area (Å²) in [5, 5.41) is 3.15. The van der Waals surface area contributed by atoms with E-state index in [0.717, 1.165) is 32.2 Å². The van der Waals surface area contributed by atoms with Crippen LogP contribution >= 0.6 is 0 Å². The smallest absolute Gasteiger partial charge is 0.229 e. The predicted molar refractivity (Wildman–Crippen MR) is 84.4 cm³/mol. The van der Waals surface area contributed by atoms with E-state index < -0.39 is 0 Å². The molecule has 2 nitrogen and oxygen atoms in total. The fourth-order valence-electron chi connectivity index (χ4n) is 3.30. The number of carbonyl (C=O) groups excluding carboxylic acids is 1. The molecule has 3 aliphatic carbocycles. The molecule has 1 amide bonds. The number of nitrogens with one attached hydrogen (secondary N) is 1. The van der Waals surface area contributed by atoms with Gasteiger partial charge in [-0.25, -0.2) is 0 Å². The van der Waals surface area contributed by atoms with Crippen LogP contribution in [0.2, 0.25) is 0 Å². The van der Waals surface area contributed by atoms with Crippen molar-refractivity contribution in [3.8, 4) is 0 Å². The molecule has 0 aromatic carbocycles. The average Bonchev–Trinajstić information content (AvgIpc) is 2.21. The zero-order chi connectivity index (χ0) is 15.0. The molecular formula is C18H29NO. The number of carbonyl (C=O) groups is 1. The first kappa shape index (κ1) is 15.3. The van der Waals surface area contributed by atoms with E-state index in [1.807, 2.05) is 0 Å². The van der Waals surface area contributed by atoms with E-state index in [9.17, 15) is 4.79 Å². The second-order valence-corrected chi connectivity index (χ2v) is 8.15. The summed E-state index contributed by atoms with van der Waals surface area (Å²) in [4.78, 5) is 12.6. The Balaban J connectivity index is 2.00. The third-order valence-electron chi connectivity index (χ3n) is 4.38. The molecule has 112 valence electrons. The first-order chi connectivity index (χ1) is 9.18. The van der Waals surface area contributed by atoms with Gasteiger partial charge in [-0.05, 0) is 43.9 Å². The lowest BCUT2D eigenvalue weighted by molar-refractivity contribution is -0.128. The summed E-state index contributed by atoms with van der Waals surface area (Å²) >= 11 is 0. The second kappa shape index (κ2) is 5.38. The van der Waals surface area contributed by atoms with Gasteiger partial charge in [-0.3, -0.25) is 4.79 Å². The molecule has 3 aliphatic rings. The van der Waals surface area contributed by atoms with Crippen LogP contribution in [0.1, 0.15) is 60.3 Å². The molecule has 2 heteroatoms. The number of allylic oxidation sites excluding steroid dienone is 3. The van der Waals surface area contributed by atoms with Gasteiger partial charge < -0.3 is 5.32 Å². The van der Waals surface area contributed by atoms with Gasteiger partial charge in [-0.15, -0.1) is 0 Å². The van der Waals surface area contributed by atoms with Crippen molar-refractivity contribution in [1.29, 1.82) is 0 Å². The Hall–Kier alpha value is -1.05. The molecule has 0 radical (unpaired) electrons. The normalized spacial score (nSPS) is 29.6. The van der Waals surface area contributed by atoms with Gasteiger partial charge in [0, 0.05) is 6.54 Å². The largest absolute Gasteiger partial charge is 0.355 e. The van der Waals surface area contributed by atoms with Gasteiger partial charge in [0.1, 0.15) is 0 Å². The van der Waals surface area contributed by atoms with Gasteiger partial charge >= 0.3 is 0 Å². The molecule has 1 N–H and O–H groups in total. The second-order valence-electron chi connectivity index (χ2n) is 8.15. The third-order valence-corrected chi connectivity index (χ3v) is 4.38. The van der Waals surface area contributed by atoms with Crippen molar-refractivity contribution in [1.82, 2.24) is 5.32 Å². The van der Waals surface area contributed by atoms with Crippen LogP contribution in [-0.2, 0) is 4.79 Å². The molecule has 0 saturated heterocycles. The maximum Gasteiger partial charge on any atom is 0.229 e. The lowest BCUT2D eigenvalue weighted by atomic mass is 9.70. The number of fused-ring (bicyclic) bond motifs is 4. The lowest BCUT2D eigenvalue weighted by Crippen LogP contribution is -2.41. The van der Waals surface area contributed by atoms with Gasteiger partial charge in [0.05, 0.1) is 5.41 Å². The summed E-state index contributed by atoms with van der Waals surface area (Å²) in [6.45, 7) is 11.7. The highest BCUT2D eigenvalue weighted by Gasteiger charge is 2.36. The molecule has 0 aliphatic heterocycles. The molecule has 1 fully saturated rings. The standard InChI is InChI=1S/C18H29NO/c1-13-8-14-9-15(10-14)12-18(5,11-13)16(20)19-7-6-17(2,3)4/h8,12-13H,6-7,9-11H2,1-5H3,(H,19,20). The van der Waals surface area contributed by atoms with Crippen LogP contribution in [0.4, 0.5) is 0 Å². The van der Waals surface area contributed by atoms with E-state index in [0.29, 0.717) is 5.92 Å². The zero-order valence-corrected chi connectivity index (χ0v) is 13.7. The third kappa shape index (κ3) is 3.74. The van der Waals surface area contributed by atoms with Crippen LogP contribution in [-0.4, -0.2) is 12.5 Å². The van der Waals surface area contributed by atoms with Gasteiger partial charge in [-0.1, -0.05) is 51.0 Å². The Morgan fingerprint density at radius 1 is 1.35 bits per heavy atom. The first-order valence-electron chi connectivity index (χ1n) is 7.86. The number of hydrogen-bond donors (Lipinski definition) is 1. The Morgan fingerprint density at radius 2 is 2.00 bits per heavy atom. The minimum atomic E-state index is -0.338. The van der Waals surface area contributed by atoms with E-state index in [4.69, 9.17) is 0 Å². The van der Waals surface area contributed by atoms with Crippen LogP contribution in [0.3, 0.4) is 0 Å². The summed E-state index contributed by atoms with van der Waals surface area (Å²) < 4.78 is 0. The monoisotopic (exact) mass is 275 g/mol. The quantitative estimate of drug-likeness (QED) is 0.767. The van der Waals surface area contributed by atoms with Crippen molar-refractivity contribution in [3.63, 3.8) is 0 Å². The highest BCUT2D eigenvalue weighted by molar-refractivity contribution is 5.84. The van der Waals surface area contributed by atoms with Crippen LogP contribution in [0.15, 0.2) is 23.3 Å². The fraction of sp³-hybridized carbons (Fsp3) is 0.722. The molecule has 2 bridgehead atoms. The van der Waals surface area contributed by atoms with Gasteiger partial charge in [0.15, 0.2) is 0 Å². The number of amides is 1. The summed E-state index contributed by atoms with van der Waals surface area (Å²) in [7, 11) is 0. The first-order valence-corrected chi connectivity index (χ1v) is 7.86. The minimum Gasteiger partial charge on any atom is -0.355 e. The van der Waals surface area contributed by atoms with E-state index in [1.165, 1.54) is 5.57 Å².